The van der Waals surface area contributed by atoms with E-state index in [0.29, 0.717) is 24.7 Å². The molecule has 19 heavy (non-hydrogen) atoms. The molecule has 6 heteroatoms. The summed E-state index contributed by atoms with van der Waals surface area (Å²) in [7, 11) is 3.53. The summed E-state index contributed by atoms with van der Waals surface area (Å²) >= 11 is 3.47. The van der Waals surface area contributed by atoms with Crippen molar-refractivity contribution >= 4 is 15.9 Å². The summed E-state index contributed by atoms with van der Waals surface area (Å²) in [6.45, 7) is 0.828. The third-order valence-electron chi connectivity index (χ3n) is 2.79. The molecule has 1 aromatic carbocycles. The number of nitrogens with zero attached hydrogens (tertiary/aromatic N) is 2. The maximum atomic E-state index is 5.79. The van der Waals surface area contributed by atoms with Crippen molar-refractivity contribution in [2.24, 2.45) is 12.8 Å². The maximum absolute atomic E-state index is 5.79. The van der Waals surface area contributed by atoms with Gasteiger partial charge in [0.1, 0.15) is 12.4 Å². The second kappa shape index (κ2) is 6.08. The van der Waals surface area contributed by atoms with E-state index in [-0.39, 0.29) is 0 Å². The Hall–Kier alpha value is -1.53. The minimum Gasteiger partial charge on any atom is -0.493 e. The highest BCUT2D eigenvalue weighted by Gasteiger charge is 2.12. The van der Waals surface area contributed by atoms with Crippen LogP contribution in [0.15, 0.2) is 29.0 Å². The average molecular weight is 326 g/mol. The van der Waals surface area contributed by atoms with Crippen LogP contribution in [0.5, 0.6) is 11.5 Å². The van der Waals surface area contributed by atoms with E-state index in [1.807, 2.05) is 29.9 Å². The molecule has 0 saturated carbocycles. The Morgan fingerprint density at radius 1 is 1.42 bits per heavy atom. The summed E-state index contributed by atoms with van der Waals surface area (Å²) in [6, 6.07) is 3.80. The molecule has 102 valence electrons. The fraction of sp³-hybridized carbons (Fsp3) is 0.308. The van der Waals surface area contributed by atoms with Crippen LogP contribution in [0.4, 0.5) is 0 Å². The van der Waals surface area contributed by atoms with E-state index in [9.17, 15) is 0 Å². The molecule has 0 aliphatic carbocycles. The van der Waals surface area contributed by atoms with Gasteiger partial charge in [-0.3, -0.25) is 0 Å². The molecular formula is C13H16BrN3O2. The molecule has 0 aliphatic rings. The first-order chi connectivity index (χ1) is 9.15. The maximum Gasteiger partial charge on any atom is 0.176 e. The van der Waals surface area contributed by atoms with E-state index in [1.165, 1.54) is 0 Å². The van der Waals surface area contributed by atoms with Gasteiger partial charge in [-0.15, -0.1) is 0 Å². The second-order valence-electron chi connectivity index (χ2n) is 4.06. The lowest BCUT2D eigenvalue weighted by molar-refractivity contribution is 0.271. The van der Waals surface area contributed by atoms with Crippen LogP contribution in [-0.4, -0.2) is 16.7 Å². The number of rotatable bonds is 5. The highest BCUT2D eigenvalue weighted by Crippen LogP contribution is 2.37. The Kier molecular flexibility index (Phi) is 4.44. The van der Waals surface area contributed by atoms with Gasteiger partial charge >= 0.3 is 0 Å². The molecule has 2 rings (SSSR count). The topological polar surface area (TPSA) is 62.3 Å². The Balaban J connectivity index is 2.22. The Morgan fingerprint density at radius 2 is 2.21 bits per heavy atom. The highest BCUT2D eigenvalue weighted by atomic mass is 79.9. The van der Waals surface area contributed by atoms with Gasteiger partial charge in [-0.05, 0) is 33.6 Å². The fourth-order valence-corrected chi connectivity index (χ4v) is 2.31. The lowest BCUT2D eigenvalue weighted by atomic mass is 10.2. The van der Waals surface area contributed by atoms with Crippen molar-refractivity contribution in [1.82, 2.24) is 9.55 Å². The molecule has 1 aromatic heterocycles. The van der Waals surface area contributed by atoms with Gasteiger partial charge in [0.05, 0.1) is 11.6 Å². The fourth-order valence-electron chi connectivity index (χ4n) is 1.70. The number of imidazole rings is 1. The van der Waals surface area contributed by atoms with Crippen molar-refractivity contribution in [2.75, 3.05) is 7.11 Å². The highest BCUT2D eigenvalue weighted by molar-refractivity contribution is 9.10. The van der Waals surface area contributed by atoms with Gasteiger partial charge in [0.15, 0.2) is 11.5 Å². The summed E-state index contributed by atoms with van der Waals surface area (Å²) in [5.74, 6) is 2.16. The van der Waals surface area contributed by atoms with Gasteiger partial charge in [0.25, 0.3) is 0 Å². The number of nitrogens with two attached hydrogens (primary N) is 1. The Morgan fingerprint density at radius 3 is 2.79 bits per heavy atom. The van der Waals surface area contributed by atoms with Gasteiger partial charge in [0.2, 0.25) is 0 Å². The van der Waals surface area contributed by atoms with Gasteiger partial charge in [0, 0.05) is 26.0 Å². The van der Waals surface area contributed by atoms with Crippen LogP contribution in [0.25, 0.3) is 0 Å². The molecule has 2 N–H and O–H groups in total. The van der Waals surface area contributed by atoms with Crippen LogP contribution >= 0.6 is 15.9 Å². The number of aromatic nitrogens is 2. The summed E-state index contributed by atoms with van der Waals surface area (Å²) < 4.78 is 13.9. The molecular weight excluding hydrogens is 310 g/mol. The van der Waals surface area contributed by atoms with Crippen LogP contribution in [0.1, 0.15) is 11.4 Å². The van der Waals surface area contributed by atoms with E-state index in [0.717, 1.165) is 15.9 Å². The summed E-state index contributed by atoms with van der Waals surface area (Å²) in [6.07, 6.45) is 3.62. The van der Waals surface area contributed by atoms with E-state index >= 15 is 0 Å². The first-order valence-electron chi connectivity index (χ1n) is 5.81. The second-order valence-corrected chi connectivity index (χ2v) is 4.91. The Labute approximate surface area is 120 Å². The minimum absolute atomic E-state index is 0.375. The van der Waals surface area contributed by atoms with E-state index in [1.54, 1.807) is 13.3 Å². The number of hydrogen-bond donors (Lipinski definition) is 1. The van der Waals surface area contributed by atoms with Crippen molar-refractivity contribution < 1.29 is 9.47 Å². The lowest BCUT2D eigenvalue weighted by Crippen LogP contribution is -2.05. The third-order valence-corrected chi connectivity index (χ3v) is 3.38. The predicted octanol–water partition coefficient (Wildman–Crippen LogP) is 2.23. The Bertz CT molecular complexity index is 569. The molecule has 0 amide bonds. The average Bonchev–Trinajstić information content (AvgIpc) is 2.82. The zero-order chi connectivity index (χ0) is 13.8. The normalized spacial score (nSPS) is 10.5. The largest absolute Gasteiger partial charge is 0.493 e. The number of aryl methyl sites for hydroxylation is 1. The van der Waals surface area contributed by atoms with Crippen molar-refractivity contribution in [1.29, 1.82) is 0 Å². The molecule has 0 fully saturated rings. The minimum atomic E-state index is 0.375. The van der Waals surface area contributed by atoms with Crippen LogP contribution < -0.4 is 15.2 Å². The summed E-state index contributed by atoms with van der Waals surface area (Å²) in [4.78, 5) is 4.21. The monoisotopic (exact) mass is 325 g/mol. The molecule has 2 aromatic rings. The standard InChI is InChI=1S/C13H16BrN3O2/c1-17-4-3-16-12(17)8-19-13-10(14)5-9(7-15)6-11(13)18-2/h3-6H,7-8,15H2,1-2H3. The predicted molar refractivity (Wildman–Crippen MR) is 76.1 cm³/mol. The van der Waals surface area contributed by atoms with Gasteiger partial charge in [-0.2, -0.15) is 0 Å². The number of ether oxygens (including phenoxy) is 2. The number of hydrogen-bond acceptors (Lipinski definition) is 4. The number of halogens is 1. The van der Waals surface area contributed by atoms with E-state index < -0.39 is 0 Å². The van der Waals surface area contributed by atoms with Crippen LogP contribution in [0.3, 0.4) is 0 Å². The SMILES string of the molecule is COc1cc(CN)cc(Br)c1OCc1nccn1C. The van der Waals surface area contributed by atoms with Gasteiger partial charge in [-0.25, -0.2) is 4.98 Å². The quantitative estimate of drug-likeness (QED) is 0.915. The van der Waals surface area contributed by atoms with Gasteiger partial charge in [-0.1, -0.05) is 0 Å². The van der Waals surface area contributed by atoms with Crippen LogP contribution in [0, 0.1) is 0 Å². The molecule has 0 spiro atoms. The molecule has 0 bridgehead atoms. The first kappa shape index (κ1) is 13.9. The summed E-state index contributed by atoms with van der Waals surface area (Å²) in [5.41, 5.74) is 6.61. The molecule has 5 nitrogen and oxygen atoms in total. The molecule has 0 aliphatic heterocycles. The van der Waals surface area contributed by atoms with Crippen molar-refractivity contribution in [3.63, 3.8) is 0 Å². The van der Waals surface area contributed by atoms with E-state index in [2.05, 4.69) is 20.9 Å². The molecule has 0 unspecified atom stereocenters. The van der Waals surface area contributed by atoms with E-state index in [4.69, 9.17) is 15.2 Å². The molecule has 0 atom stereocenters. The van der Waals surface area contributed by atoms with Crippen LogP contribution in [0.2, 0.25) is 0 Å². The van der Waals surface area contributed by atoms with Gasteiger partial charge < -0.3 is 19.8 Å². The molecule has 0 radical (unpaired) electrons. The smallest absolute Gasteiger partial charge is 0.176 e. The zero-order valence-corrected chi connectivity index (χ0v) is 12.5. The van der Waals surface area contributed by atoms with Crippen molar-refractivity contribution in [3.05, 3.63) is 40.4 Å². The zero-order valence-electron chi connectivity index (χ0n) is 10.9. The lowest BCUT2D eigenvalue weighted by Gasteiger charge is -2.13. The summed E-state index contributed by atoms with van der Waals surface area (Å²) in [5, 5.41) is 0. The van der Waals surface area contributed by atoms with Crippen molar-refractivity contribution in [2.45, 2.75) is 13.2 Å². The molecule has 1 heterocycles. The van der Waals surface area contributed by atoms with Crippen LogP contribution in [-0.2, 0) is 20.2 Å². The molecule has 0 saturated heterocycles. The number of benzene rings is 1. The number of methoxy groups -OCH3 is 1. The first-order valence-corrected chi connectivity index (χ1v) is 6.60. The third kappa shape index (κ3) is 3.08. The van der Waals surface area contributed by atoms with Crippen molar-refractivity contribution in [3.8, 4) is 11.5 Å².